The Bertz CT molecular complexity index is 1470. The molecule has 41 heavy (non-hydrogen) atoms. The van der Waals surface area contributed by atoms with Crippen molar-refractivity contribution in [3.8, 4) is 0 Å². The largest absolute Gasteiger partial charge is 0.389 e. The summed E-state index contributed by atoms with van der Waals surface area (Å²) >= 11 is 0. The molecular formula is C28H30F3N7O3. The number of halogens is 3. The Balaban J connectivity index is 1.12. The first-order valence-electron chi connectivity index (χ1n) is 13.6. The highest BCUT2D eigenvalue weighted by atomic mass is 19.4. The van der Waals surface area contributed by atoms with E-state index in [0.717, 1.165) is 29.9 Å². The maximum absolute atomic E-state index is 13.2. The topological polar surface area (TPSA) is 104 Å². The fraction of sp³-hybridized carbons (Fsp3) is 0.429. The number of hydrogen-bond donors (Lipinski definition) is 2. The van der Waals surface area contributed by atoms with Gasteiger partial charge < -0.3 is 25.2 Å². The highest BCUT2D eigenvalue weighted by Crippen LogP contribution is 2.28. The summed E-state index contributed by atoms with van der Waals surface area (Å²) in [6, 6.07) is 11.0. The van der Waals surface area contributed by atoms with Gasteiger partial charge in [-0.3, -0.25) is 9.59 Å². The van der Waals surface area contributed by atoms with E-state index in [-0.39, 0.29) is 24.6 Å². The smallest absolute Gasteiger partial charge is 0.373 e. The normalized spacial score (nSPS) is 21.1. The summed E-state index contributed by atoms with van der Waals surface area (Å²) in [5.74, 6) is -0.137. The van der Waals surface area contributed by atoms with Crippen LogP contribution in [0, 0.1) is 0 Å². The van der Waals surface area contributed by atoms with Crippen molar-refractivity contribution < 1.29 is 27.5 Å². The number of fused-ring (bicyclic) bond motifs is 2. The Morgan fingerprint density at radius 3 is 2.71 bits per heavy atom. The first-order valence-corrected chi connectivity index (χ1v) is 13.6. The lowest BCUT2D eigenvalue weighted by Crippen LogP contribution is -2.53. The molecule has 2 N–H and O–H groups in total. The number of alkyl halides is 3. The van der Waals surface area contributed by atoms with Gasteiger partial charge >= 0.3 is 6.18 Å². The van der Waals surface area contributed by atoms with Gasteiger partial charge in [-0.25, -0.2) is 4.52 Å². The van der Waals surface area contributed by atoms with Crippen molar-refractivity contribution in [2.45, 2.75) is 37.6 Å². The van der Waals surface area contributed by atoms with Gasteiger partial charge in [-0.2, -0.15) is 18.2 Å². The van der Waals surface area contributed by atoms with E-state index in [2.05, 4.69) is 20.7 Å². The van der Waals surface area contributed by atoms with Gasteiger partial charge in [0, 0.05) is 62.2 Å². The van der Waals surface area contributed by atoms with E-state index in [1.807, 2.05) is 35.2 Å². The predicted octanol–water partition coefficient (Wildman–Crippen LogP) is 3.24. The van der Waals surface area contributed by atoms with Crippen molar-refractivity contribution in [3.05, 3.63) is 59.8 Å². The zero-order chi connectivity index (χ0) is 28.6. The number of morpholine rings is 1. The minimum atomic E-state index is -4.35. The van der Waals surface area contributed by atoms with Crippen LogP contribution in [0.3, 0.4) is 0 Å². The van der Waals surface area contributed by atoms with Crippen LogP contribution in [0.25, 0.3) is 11.2 Å². The Kier molecular flexibility index (Phi) is 7.39. The van der Waals surface area contributed by atoms with E-state index in [9.17, 15) is 22.8 Å². The number of ether oxygens (including phenoxy) is 1. The zero-order valence-electron chi connectivity index (χ0n) is 22.2. The zero-order valence-corrected chi connectivity index (χ0v) is 22.2. The van der Waals surface area contributed by atoms with Crippen LogP contribution >= 0.6 is 0 Å². The molecule has 6 rings (SSSR count). The van der Waals surface area contributed by atoms with Gasteiger partial charge in [0.2, 0.25) is 11.9 Å². The fourth-order valence-electron chi connectivity index (χ4n) is 5.59. The molecule has 2 amide bonds. The molecule has 216 valence electrons. The third kappa shape index (κ3) is 5.91. The SMILES string of the molecule is O=C(CCC(F)(F)F)N1CC=C(c2cccn3nc(Nc4ccc(C(=O)N5CCO[C@@H]6CNC[C@@H]65)cc4)nc23)CC1. The van der Waals surface area contributed by atoms with E-state index < -0.39 is 24.9 Å². The maximum Gasteiger partial charge on any atom is 0.389 e. The van der Waals surface area contributed by atoms with E-state index >= 15 is 0 Å². The van der Waals surface area contributed by atoms with Gasteiger partial charge in [0.25, 0.3) is 5.91 Å². The van der Waals surface area contributed by atoms with E-state index in [4.69, 9.17) is 4.74 Å². The lowest BCUT2D eigenvalue weighted by molar-refractivity contribution is -0.148. The quantitative estimate of drug-likeness (QED) is 0.470. The van der Waals surface area contributed by atoms with Crippen LogP contribution in [-0.2, 0) is 9.53 Å². The molecule has 10 nitrogen and oxygen atoms in total. The van der Waals surface area contributed by atoms with E-state index in [1.165, 1.54) is 4.90 Å². The molecule has 1 aromatic carbocycles. The Labute approximate surface area is 234 Å². The van der Waals surface area contributed by atoms with Crippen LogP contribution in [0.2, 0.25) is 0 Å². The number of pyridine rings is 1. The molecule has 2 saturated heterocycles. The van der Waals surface area contributed by atoms with Crippen molar-refractivity contribution in [1.29, 1.82) is 0 Å². The monoisotopic (exact) mass is 569 g/mol. The van der Waals surface area contributed by atoms with Gasteiger partial charge in [-0.15, -0.1) is 5.10 Å². The van der Waals surface area contributed by atoms with Crippen molar-refractivity contribution in [1.82, 2.24) is 29.7 Å². The molecule has 5 heterocycles. The lowest BCUT2D eigenvalue weighted by atomic mass is 10.00. The first-order chi connectivity index (χ1) is 19.7. The summed E-state index contributed by atoms with van der Waals surface area (Å²) in [6.07, 6.45) is -1.82. The Morgan fingerprint density at radius 2 is 1.95 bits per heavy atom. The number of nitrogens with one attached hydrogen (secondary N) is 2. The summed E-state index contributed by atoms with van der Waals surface area (Å²) in [6.45, 7) is 3.18. The van der Waals surface area contributed by atoms with Crippen LogP contribution in [0.5, 0.6) is 0 Å². The summed E-state index contributed by atoms with van der Waals surface area (Å²) in [5, 5.41) is 11.0. The standard InChI is InChI=1S/C28H30F3N7O3/c29-28(30,31)10-7-24(39)36-12-8-18(9-13-36)21-2-1-11-38-25(21)34-27(35-38)33-20-5-3-19(4-6-20)26(40)37-14-15-41-23-17-32-16-22(23)37/h1-6,8,11,22-23,32H,7,9-10,12-17H2,(H,33,35)/t22-,23+/m0/s1. The molecule has 2 atom stereocenters. The Morgan fingerprint density at radius 1 is 1.12 bits per heavy atom. The molecule has 3 aliphatic rings. The molecule has 0 saturated carbocycles. The number of carbonyl (C=O) groups is 2. The molecule has 2 fully saturated rings. The van der Waals surface area contributed by atoms with Crippen molar-refractivity contribution in [2.75, 3.05) is 44.6 Å². The maximum atomic E-state index is 13.2. The van der Waals surface area contributed by atoms with Crippen molar-refractivity contribution in [2.24, 2.45) is 0 Å². The summed E-state index contributed by atoms with van der Waals surface area (Å²) in [7, 11) is 0. The number of anilines is 2. The number of nitrogens with zero attached hydrogens (tertiary/aromatic N) is 5. The van der Waals surface area contributed by atoms with Crippen LogP contribution in [0.15, 0.2) is 48.7 Å². The van der Waals surface area contributed by atoms with Gasteiger partial charge in [0.15, 0.2) is 5.65 Å². The third-order valence-corrected chi connectivity index (χ3v) is 7.73. The van der Waals surface area contributed by atoms with Crippen LogP contribution in [0.1, 0.15) is 35.2 Å². The second-order valence-corrected chi connectivity index (χ2v) is 10.4. The van der Waals surface area contributed by atoms with Crippen LogP contribution < -0.4 is 10.6 Å². The molecule has 0 spiro atoms. The fourth-order valence-corrected chi connectivity index (χ4v) is 5.59. The third-order valence-electron chi connectivity index (χ3n) is 7.73. The molecule has 3 aromatic rings. The summed E-state index contributed by atoms with van der Waals surface area (Å²) < 4.78 is 44.9. The van der Waals surface area contributed by atoms with Crippen molar-refractivity contribution in [3.63, 3.8) is 0 Å². The highest BCUT2D eigenvalue weighted by molar-refractivity contribution is 5.95. The van der Waals surface area contributed by atoms with Crippen LogP contribution in [0.4, 0.5) is 24.8 Å². The Hall–Kier alpha value is -3.97. The number of benzene rings is 1. The molecule has 13 heteroatoms. The number of aromatic nitrogens is 3. The molecule has 0 bridgehead atoms. The van der Waals surface area contributed by atoms with Crippen LogP contribution in [-0.4, -0.2) is 93.9 Å². The molecular weight excluding hydrogens is 539 g/mol. The number of carbonyl (C=O) groups excluding carboxylic acids is 2. The predicted molar refractivity (Wildman–Crippen MR) is 145 cm³/mol. The second-order valence-electron chi connectivity index (χ2n) is 10.4. The number of hydrogen-bond acceptors (Lipinski definition) is 7. The lowest BCUT2D eigenvalue weighted by Gasteiger charge is -2.37. The average Bonchev–Trinajstić information content (AvgIpc) is 3.62. The minimum absolute atomic E-state index is 0.0181. The summed E-state index contributed by atoms with van der Waals surface area (Å²) in [5.41, 5.74) is 3.76. The highest BCUT2D eigenvalue weighted by Gasteiger charge is 2.38. The van der Waals surface area contributed by atoms with Gasteiger partial charge in [-0.05, 0) is 48.4 Å². The first kappa shape index (κ1) is 27.2. The van der Waals surface area contributed by atoms with Crippen molar-refractivity contribution >= 4 is 34.7 Å². The van der Waals surface area contributed by atoms with Gasteiger partial charge in [-0.1, -0.05) is 6.08 Å². The number of amides is 2. The second kappa shape index (κ2) is 11.1. The van der Waals surface area contributed by atoms with Gasteiger partial charge in [0.05, 0.1) is 25.2 Å². The molecule has 0 unspecified atom stereocenters. The van der Waals surface area contributed by atoms with Gasteiger partial charge in [0.1, 0.15) is 0 Å². The van der Waals surface area contributed by atoms with E-state index in [1.54, 1.807) is 22.8 Å². The molecule has 3 aliphatic heterocycles. The molecule has 0 radical (unpaired) electrons. The average molecular weight is 570 g/mol. The minimum Gasteiger partial charge on any atom is -0.373 e. The van der Waals surface area contributed by atoms with E-state index in [0.29, 0.717) is 43.3 Å². The summed E-state index contributed by atoms with van der Waals surface area (Å²) in [4.78, 5) is 33.4. The molecule has 2 aromatic heterocycles. The number of rotatable bonds is 6. The molecule has 0 aliphatic carbocycles.